The highest BCUT2D eigenvalue weighted by molar-refractivity contribution is 5.27. The highest BCUT2D eigenvalue weighted by Gasteiger charge is 2.34. The lowest BCUT2D eigenvalue weighted by atomic mass is 10.0. The predicted octanol–water partition coefficient (Wildman–Crippen LogP) is 2.94. The van der Waals surface area contributed by atoms with Crippen molar-refractivity contribution in [2.24, 2.45) is 5.92 Å². The Morgan fingerprint density at radius 1 is 1.21 bits per heavy atom. The van der Waals surface area contributed by atoms with Crippen molar-refractivity contribution in [3.63, 3.8) is 0 Å². The molecule has 3 heterocycles. The third kappa shape index (κ3) is 3.10. The van der Waals surface area contributed by atoms with Crippen molar-refractivity contribution < 1.29 is 9.15 Å². The molecule has 0 N–H and O–H groups in total. The van der Waals surface area contributed by atoms with Crippen LogP contribution in [-0.2, 0) is 17.7 Å². The molecule has 6 heteroatoms. The van der Waals surface area contributed by atoms with Crippen molar-refractivity contribution >= 4 is 0 Å². The zero-order valence-electron chi connectivity index (χ0n) is 13.6. The fraction of sp³-hybridized carbons (Fsp3) is 0.389. The molecule has 1 aromatic carbocycles. The molecule has 0 amide bonds. The Morgan fingerprint density at radius 3 is 2.96 bits per heavy atom. The van der Waals surface area contributed by atoms with E-state index in [0.29, 0.717) is 30.7 Å². The molecule has 2 aromatic heterocycles. The maximum absolute atomic E-state index is 5.90. The number of hydrogen-bond acceptors (Lipinski definition) is 5. The molecule has 1 aliphatic heterocycles. The summed E-state index contributed by atoms with van der Waals surface area (Å²) >= 11 is 0. The lowest BCUT2D eigenvalue weighted by Gasteiger charge is -2.14. The summed E-state index contributed by atoms with van der Waals surface area (Å²) < 4.78 is 13.7. The molecule has 4 rings (SSSR count). The second-order valence-electron chi connectivity index (χ2n) is 6.21. The maximum atomic E-state index is 5.90. The Hall–Kier alpha value is -2.47. The van der Waals surface area contributed by atoms with E-state index in [2.05, 4.69) is 34.4 Å². The highest BCUT2D eigenvalue weighted by atomic mass is 16.5. The van der Waals surface area contributed by atoms with Crippen LogP contribution in [0.3, 0.4) is 0 Å². The number of rotatable bonds is 5. The summed E-state index contributed by atoms with van der Waals surface area (Å²) in [6.45, 7) is 3.60. The fourth-order valence-corrected chi connectivity index (χ4v) is 3.17. The Labute approximate surface area is 140 Å². The molecule has 124 valence electrons. The molecule has 1 saturated heterocycles. The van der Waals surface area contributed by atoms with E-state index in [9.17, 15) is 0 Å². The lowest BCUT2D eigenvalue weighted by Crippen LogP contribution is -2.15. The summed E-state index contributed by atoms with van der Waals surface area (Å²) in [6, 6.07) is 10.2. The number of nitrogens with zero attached hydrogens (tertiary/aromatic N) is 4. The molecule has 2 atom stereocenters. The van der Waals surface area contributed by atoms with Gasteiger partial charge in [0.2, 0.25) is 11.8 Å². The molecule has 0 radical (unpaired) electrons. The van der Waals surface area contributed by atoms with Crippen LogP contribution in [0.2, 0.25) is 0 Å². The highest BCUT2D eigenvalue weighted by Crippen LogP contribution is 2.35. The van der Waals surface area contributed by atoms with Gasteiger partial charge in [0.25, 0.3) is 0 Å². The van der Waals surface area contributed by atoms with Crippen LogP contribution in [0.5, 0.6) is 0 Å². The molecule has 0 aliphatic carbocycles. The first-order valence-electron chi connectivity index (χ1n) is 8.25. The van der Waals surface area contributed by atoms with Gasteiger partial charge in [0, 0.05) is 31.5 Å². The van der Waals surface area contributed by atoms with Crippen LogP contribution < -0.4 is 0 Å². The van der Waals surface area contributed by atoms with Gasteiger partial charge in [0.1, 0.15) is 6.10 Å². The summed E-state index contributed by atoms with van der Waals surface area (Å²) in [5.41, 5.74) is 2.43. The van der Waals surface area contributed by atoms with Gasteiger partial charge in [0.05, 0.1) is 6.42 Å². The molecule has 0 spiro atoms. The SMILES string of the molecule is Cc1ccccc1Cc1nnc([C@H]2OCC[C@H]2Cn2cccn2)o1. The molecular formula is C18H20N4O2. The maximum Gasteiger partial charge on any atom is 0.245 e. The van der Waals surface area contributed by atoms with Crippen LogP contribution in [-0.4, -0.2) is 26.6 Å². The van der Waals surface area contributed by atoms with Crippen LogP contribution in [0.25, 0.3) is 0 Å². The minimum absolute atomic E-state index is 0.146. The molecule has 0 bridgehead atoms. The number of ether oxygens (including phenoxy) is 1. The minimum Gasteiger partial charge on any atom is -0.422 e. The van der Waals surface area contributed by atoms with Crippen molar-refractivity contribution in [3.05, 3.63) is 65.6 Å². The fourth-order valence-electron chi connectivity index (χ4n) is 3.17. The van der Waals surface area contributed by atoms with Gasteiger partial charge in [-0.25, -0.2) is 0 Å². The Morgan fingerprint density at radius 2 is 2.12 bits per heavy atom. The standard InChI is InChI=1S/C18H20N4O2/c1-13-5-2-3-6-14(13)11-16-20-21-18(24-16)17-15(7-10-23-17)12-22-9-4-8-19-22/h2-6,8-9,15,17H,7,10-12H2,1H3/t15-,17-/m0/s1. The number of aryl methyl sites for hydroxylation is 1. The Kier molecular flexibility index (Phi) is 4.13. The van der Waals surface area contributed by atoms with Crippen molar-refractivity contribution in [1.29, 1.82) is 0 Å². The van der Waals surface area contributed by atoms with Crippen LogP contribution in [0.1, 0.15) is 35.4 Å². The van der Waals surface area contributed by atoms with E-state index in [4.69, 9.17) is 9.15 Å². The summed E-state index contributed by atoms with van der Waals surface area (Å²) in [5.74, 6) is 1.51. The zero-order valence-corrected chi connectivity index (χ0v) is 13.6. The van der Waals surface area contributed by atoms with E-state index in [0.717, 1.165) is 13.0 Å². The van der Waals surface area contributed by atoms with Crippen molar-refractivity contribution in [1.82, 2.24) is 20.0 Å². The third-order valence-electron chi connectivity index (χ3n) is 4.52. The van der Waals surface area contributed by atoms with Crippen LogP contribution in [0, 0.1) is 12.8 Å². The van der Waals surface area contributed by atoms with Gasteiger partial charge >= 0.3 is 0 Å². The molecule has 0 unspecified atom stereocenters. The predicted molar refractivity (Wildman–Crippen MR) is 87.3 cm³/mol. The normalized spacial score (nSPS) is 20.5. The summed E-state index contributed by atoms with van der Waals surface area (Å²) in [4.78, 5) is 0. The van der Waals surface area contributed by atoms with E-state index in [1.807, 2.05) is 29.1 Å². The first kappa shape index (κ1) is 15.1. The monoisotopic (exact) mass is 324 g/mol. The molecule has 3 aromatic rings. The van der Waals surface area contributed by atoms with Crippen molar-refractivity contribution in [3.8, 4) is 0 Å². The second kappa shape index (κ2) is 6.57. The van der Waals surface area contributed by atoms with Gasteiger partial charge in [-0.3, -0.25) is 4.68 Å². The zero-order chi connectivity index (χ0) is 16.4. The second-order valence-corrected chi connectivity index (χ2v) is 6.21. The Bertz CT molecular complexity index is 797. The summed E-state index contributed by atoms with van der Waals surface area (Å²) in [6.07, 6.45) is 5.23. The molecule has 6 nitrogen and oxygen atoms in total. The third-order valence-corrected chi connectivity index (χ3v) is 4.52. The summed E-state index contributed by atoms with van der Waals surface area (Å²) in [5, 5.41) is 12.7. The average molecular weight is 324 g/mol. The van der Waals surface area contributed by atoms with Crippen molar-refractivity contribution in [2.75, 3.05) is 6.61 Å². The Balaban J connectivity index is 1.48. The average Bonchev–Trinajstić information content (AvgIpc) is 3.32. The molecular weight excluding hydrogens is 304 g/mol. The number of benzene rings is 1. The number of aromatic nitrogens is 4. The van der Waals surface area contributed by atoms with Crippen molar-refractivity contribution in [2.45, 2.75) is 32.4 Å². The van der Waals surface area contributed by atoms with Gasteiger partial charge in [-0.2, -0.15) is 5.10 Å². The van der Waals surface area contributed by atoms with E-state index in [1.54, 1.807) is 6.20 Å². The van der Waals surface area contributed by atoms with E-state index in [1.165, 1.54) is 11.1 Å². The van der Waals surface area contributed by atoms with E-state index >= 15 is 0 Å². The smallest absolute Gasteiger partial charge is 0.245 e. The summed E-state index contributed by atoms with van der Waals surface area (Å²) in [7, 11) is 0. The largest absolute Gasteiger partial charge is 0.422 e. The van der Waals surface area contributed by atoms with E-state index in [-0.39, 0.29) is 6.10 Å². The van der Waals surface area contributed by atoms with Gasteiger partial charge in [-0.1, -0.05) is 24.3 Å². The minimum atomic E-state index is -0.146. The molecule has 1 fully saturated rings. The molecule has 24 heavy (non-hydrogen) atoms. The van der Waals surface area contributed by atoms with Gasteiger partial charge in [-0.15, -0.1) is 10.2 Å². The van der Waals surface area contributed by atoms with Crippen LogP contribution in [0.15, 0.2) is 47.1 Å². The first-order chi connectivity index (χ1) is 11.8. The van der Waals surface area contributed by atoms with Crippen LogP contribution >= 0.6 is 0 Å². The lowest BCUT2D eigenvalue weighted by molar-refractivity contribution is 0.0621. The van der Waals surface area contributed by atoms with Gasteiger partial charge in [0.15, 0.2) is 0 Å². The molecule has 0 saturated carbocycles. The van der Waals surface area contributed by atoms with Crippen LogP contribution in [0.4, 0.5) is 0 Å². The van der Waals surface area contributed by atoms with Gasteiger partial charge < -0.3 is 9.15 Å². The molecule has 1 aliphatic rings. The first-order valence-corrected chi connectivity index (χ1v) is 8.25. The quantitative estimate of drug-likeness (QED) is 0.722. The topological polar surface area (TPSA) is 66.0 Å². The number of hydrogen-bond donors (Lipinski definition) is 0. The van der Waals surface area contributed by atoms with Gasteiger partial charge in [-0.05, 0) is 30.5 Å². The van der Waals surface area contributed by atoms with E-state index < -0.39 is 0 Å².